The van der Waals surface area contributed by atoms with Gasteiger partial charge in [-0.3, -0.25) is 4.79 Å². The molecular formula is C13H12F6N2O. The summed E-state index contributed by atoms with van der Waals surface area (Å²) in [5, 5.41) is 0. The summed E-state index contributed by atoms with van der Waals surface area (Å²) in [6.07, 6.45) is -5.02. The molecular weight excluding hydrogens is 314 g/mol. The maximum absolute atomic E-state index is 13.1. The van der Waals surface area contributed by atoms with E-state index in [0.29, 0.717) is 17.0 Å². The van der Waals surface area contributed by atoms with Crippen molar-refractivity contribution in [3.63, 3.8) is 0 Å². The zero-order valence-electron chi connectivity index (χ0n) is 11.1. The van der Waals surface area contributed by atoms with Crippen LogP contribution in [0.4, 0.5) is 26.3 Å². The summed E-state index contributed by atoms with van der Waals surface area (Å²) in [4.78, 5) is 12.6. The average molecular weight is 326 g/mol. The molecule has 1 aromatic rings. The van der Waals surface area contributed by atoms with Crippen LogP contribution in [-0.4, -0.2) is 35.6 Å². The van der Waals surface area contributed by atoms with Crippen molar-refractivity contribution in [3.8, 4) is 0 Å². The number of alkyl halides is 3. The highest BCUT2D eigenvalue weighted by atomic mass is 19.4. The van der Waals surface area contributed by atoms with Gasteiger partial charge in [-0.15, -0.1) is 0 Å². The molecule has 1 aromatic carbocycles. The predicted octanol–water partition coefficient (Wildman–Crippen LogP) is 2.60. The molecule has 1 amide bonds. The van der Waals surface area contributed by atoms with Gasteiger partial charge < -0.3 is 10.6 Å². The molecule has 1 saturated heterocycles. The Kier molecular flexibility index (Phi) is 4.37. The Labute approximate surface area is 121 Å². The fraction of sp³-hybridized carbons (Fsp3) is 0.462. The van der Waals surface area contributed by atoms with E-state index in [2.05, 4.69) is 0 Å². The Morgan fingerprint density at radius 1 is 1.14 bits per heavy atom. The summed E-state index contributed by atoms with van der Waals surface area (Å²) < 4.78 is 78.1. The second-order valence-corrected chi connectivity index (χ2v) is 5.11. The molecule has 0 aromatic heterocycles. The number of carbonyl (C=O) groups excluding carboxylic acids is 1. The number of nitrogens with two attached hydrogens (primary N) is 1. The molecule has 0 spiro atoms. The number of halogens is 6. The summed E-state index contributed by atoms with van der Waals surface area (Å²) in [5.74, 6) is -6.32. The van der Waals surface area contributed by atoms with Crippen molar-refractivity contribution in [2.45, 2.75) is 31.1 Å². The molecule has 1 heterocycles. The van der Waals surface area contributed by atoms with Crippen LogP contribution in [-0.2, 0) is 0 Å². The summed E-state index contributed by atoms with van der Waals surface area (Å²) in [6, 6.07) is -2.02. The first-order valence-corrected chi connectivity index (χ1v) is 6.39. The Morgan fingerprint density at radius 2 is 1.68 bits per heavy atom. The molecule has 0 bridgehead atoms. The van der Waals surface area contributed by atoms with Crippen LogP contribution in [0.15, 0.2) is 12.1 Å². The highest BCUT2D eigenvalue weighted by Gasteiger charge is 2.47. The van der Waals surface area contributed by atoms with E-state index in [9.17, 15) is 31.1 Å². The lowest BCUT2D eigenvalue weighted by atomic mass is 9.97. The van der Waals surface area contributed by atoms with Crippen LogP contribution in [0, 0.1) is 17.5 Å². The van der Waals surface area contributed by atoms with E-state index in [1.807, 2.05) is 0 Å². The Hall–Kier alpha value is -1.77. The number of rotatable bonds is 1. The van der Waals surface area contributed by atoms with Crippen molar-refractivity contribution >= 4 is 5.91 Å². The maximum Gasteiger partial charge on any atom is 0.408 e. The van der Waals surface area contributed by atoms with Gasteiger partial charge in [0, 0.05) is 18.2 Å². The number of piperidine rings is 1. The fourth-order valence-corrected chi connectivity index (χ4v) is 2.41. The van der Waals surface area contributed by atoms with Crippen molar-refractivity contribution in [2.24, 2.45) is 5.73 Å². The average Bonchev–Trinajstić information content (AvgIpc) is 2.42. The van der Waals surface area contributed by atoms with Gasteiger partial charge in [0.25, 0.3) is 5.91 Å². The highest BCUT2D eigenvalue weighted by molar-refractivity contribution is 5.94. The van der Waals surface area contributed by atoms with E-state index in [1.54, 1.807) is 0 Å². The molecule has 2 atom stereocenters. The van der Waals surface area contributed by atoms with Crippen LogP contribution in [0.2, 0.25) is 0 Å². The molecule has 0 radical (unpaired) electrons. The van der Waals surface area contributed by atoms with Gasteiger partial charge in [0.15, 0.2) is 17.5 Å². The van der Waals surface area contributed by atoms with Crippen molar-refractivity contribution in [3.05, 3.63) is 35.1 Å². The summed E-state index contributed by atoms with van der Waals surface area (Å²) >= 11 is 0. The van der Waals surface area contributed by atoms with E-state index in [0.717, 1.165) is 0 Å². The van der Waals surface area contributed by atoms with Gasteiger partial charge in [-0.1, -0.05) is 0 Å². The molecule has 2 N–H and O–H groups in total. The van der Waals surface area contributed by atoms with Crippen molar-refractivity contribution in [1.29, 1.82) is 0 Å². The number of nitrogens with zero attached hydrogens (tertiary/aromatic N) is 1. The molecule has 1 fully saturated rings. The number of likely N-dealkylation sites (tertiary alicyclic amines) is 1. The largest absolute Gasteiger partial charge is 0.408 e. The lowest BCUT2D eigenvalue weighted by Crippen LogP contribution is -2.56. The summed E-state index contributed by atoms with van der Waals surface area (Å²) in [7, 11) is 0. The molecule has 2 rings (SSSR count). The first kappa shape index (κ1) is 16.6. The molecule has 1 aliphatic heterocycles. The monoisotopic (exact) mass is 326 g/mol. The van der Waals surface area contributed by atoms with E-state index in [4.69, 9.17) is 5.73 Å². The second kappa shape index (κ2) is 5.79. The Morgan fingerprint density at radius 3 is 2.18 bits per heavy atom. The standard InChI is InChI=1S/C13H12F6N2O/c14-8-3-6(4-9(15)11(8)16)12(22)21-5-7(20)1-2-10(21)13(17,18)19/h3-4,7,10H,1-2,5,20H2/t7-,10-/m0/s1. The second-order valence-electron chi connectivity index (χ2n) is 5.11. The van der Waals surface area contributed by atoms with Crippen molar-refractivity contribution < 1.29 is 31.1 Å². The third-order valence-electron chi connectivity index (χ3n) is 3.49. The predicted molar refractivity (Wildman–Crippen MR) is 64.4 cm³/mol. The molecule has 0 aliphatic carbocycles. The smallest absolute Gasteiger partial charge is 0.326 e. The maximum atomic E-state index is 13.1. The van der Waals surface area contributed by atoms with Gasteiger partial charge in [0.2, 0.25) is 0 Å². The van der Waals surface area contributed by atoms with Gasteiger partial charge in [0.05, 0.1) is 0 Å². The molecule has 0 unspecified atom stereocenters. The minimum atomic E-state index is -4.69. The molecule has 9 heteroatoms. The van der Waals surface area contributed by atoms with E-state index in [-0.39, 0.29) is 6.42 Å². The topological polar surface area (TPSA) is 46.3 Å². The van der Waals surface area contributed by atoms with Gasteiger partial charge in [0.1, 0.15) is 6.04 Å². The van der Waals surface area contributed by atoms with Crippen LogP contribution in [0.5, 0.6) is 0 Å². The number of amides is 1. The van der Waals surface area contributed by atoms with Gasteiger partial charge >= 0.3 is 6.18 Å². The van der Waals surface area contributed by atoms with E-state index >= 15 is 0 Å². The third-order valence-corrected chi connectivity index (χ3v) is 3.49. The Bertz CT molecular complexity index is 565. The number of hydrogen-bond donors (Lipinski definition) is 1. The highest BCUT2D eigenvalue weighted by Crippen LogP contribution is 2.32. The molecule has 0 saturated carbocycles. The number of benzene rings is 1. The minimum Gasteiger partial charge on any atom is -0.326 e. The zero-order valence-corrected chi connectivity index (χ0v) is 11.1. The molecule has 122 valence electrons. The SMILES string of the molecule is N[C@H]1CC[C@@H](C(F)(F)F)N(C(=O)c2cc(F)c(F)c(F)c2)C1. The first-order chi connectivity index (χ1) is 10.1. The lowest BCUT2D eigenvalue weighted by molar-refractivity contribution is -0.184. The van der Waals surface area contributed by atoms with E-state index in [1.165, 1.54) is 0 Å². The quantitative estimate of drug-likeness (QED) is 0.637. The minimum absolute atomic E-state index is 0.0695. The fourth-order valence-electron chi connectivity index (χ4n) is 2.41. The van der Waals surface area contributed by atoms with Crippen LogP contribution in [0.1, 0.15) is 23.2 Å². The summed E-state index contributed by atoms with van der Waals surface area (Å²) in [5.41, 5.74) is 4.87. The number of carbonyl (C=O) groups is 1. The zero-order chi connectivity index (χ0) is 16.7. The van der Waals surface area contributed by atoms with Gasteiger partial charge in [-0.25, -0.2) is 13.2 Å². The van der Waals surface area contributed by atoms with Crippen LogP contribution < -0.4 is 5.73 Å². The van der Waals surface area contributed by atoms with Crippen LogP contribution in [0.25, 0.3) is 0 Å². The normalized spacial score (nSPS) is 22.8. The third kappa shape index (κ3) is 3.18. The first-order valence-electron chi connectivity index (χ1n) is 6.39. The molecule has 1 aliphatic rings. The van der Waals surface area contributed by atoms with Crippen molar-refractivity contribution in [2.75, 3.05) is 6.54 Å². The molecule has 22 heavy (non-hydrogen) atoms. The lowest BCUT2D eigenvalue weighted by Gasteiger charge is -2.39. The van der Waals surface area contributed by atoms with Gasteiger partial charge in [-0.05, 0) is 25.0 Å². The van der Waals surface area contributed by atoms with E-state index < -0.39 is 60.1 Å². The van der Waals surface area contributed by atoms with Crippen molar-refractivity contribution in [1.82, 2.24) is 4.90 Å². The Balaban J connectivity index is 2.36. The van der Waals surface area contributed by atoms with Gasteiger partial charge in [-0.2, -0.15) is 13.2 Å². The van der Waals surface area contributed by atoms with Crippen LogP contribution >= 0.6 is 0 Å². The number of hydrogen-bond acceptors (Lipinski definition) is 2. The van der Waals surface area contributed by atoms with Crippen LogP contribution in [0.3, 0.4) is 0 Å². The summed E-state index contributed by atoms with van der Waals surface area (Å²) in [6.45, 7) is -0.399. The molecule has 3 nitrogen and oxygen atoms in total.